The summed E-state index contributed by atoms with van der Waals surface area (Å²) in [6, 6.07) is 8.67. The number of halogens is 1. The number of aromatic nitrogens is 3. The lowest BCUT2D eigenvalue weighted by Gasteiger charge is -2.21. The van der Waals surface area contributed by atoms with Crippen molar-refractivity contribution in [1.82, 2.24) is 19.4 Å². The third kappa shape index (κ3) is 8.69. The second-order valence-corrected chi connectivity index (χ2v) is 15.4. The standard InChI is InChI=1S/C40H47ClN6O8/c1-20(2)35(48)43-34-23(19-42-38(44-34)45-36(49)21(3)4)14-22-15-30(52-10)33(53-11)32-26(22)17-25(54-32)18-28-27-16-24(41)12-13-29(27)47(31(28)37(50)46(8)9)39(51)55-40(5,6)7/h12-13,15-17,19-21H,14,18H2,1-11H3,(H2,42,43,44,45,48,49). The van der Waals surface area contributed by atoms with Crippen LogP contribution >= 0.6 is 11.6 Å². The van der Waals surface area contributed by atoms with Crippen molar-refractivity contribution in [3.8, 4) is 11.5 Å². The molecule has 3 heterocycles. The number of rotatable bonds is 11. The Morgan fingerprint density at radius 3 is 2.18 bits per heavy atom. The average Bonchev–Trinajstić information content (AvgIpc) is 3.67. The molecule has 55 heavy (non-hydrogen) atoms. The van der Waals surface area contributed by atoms with E-state index in [1.165, 1.54) is 23.7 Å². The number of benzene rings is 2. The lowest BCUT2D eigenvalue weighted by Crippen LogP contribution is -2.32. The maximum atomic E-state index is 13.9. The minimum atomic E-state index is -0.839. The van der Waals surface area contributed by atoms with Crippen molar-refractivity contribution in [3.05, 3.63) is 69.7 Å². The molecule has 0 aliphatic carbocycles. The van der Waals surface area contributed by atoms with Gasteiger partial charge in [0.05, 0.1) is 19.7 Å². The van der Waals surface area contributed by atoms with Gasteiger partial charge in [0.1, 0.15) is 22.9 Å². The Bertz CT molecular complexity index is 2300. The molecule has 0 atom stereocenters. The van der Waals surface area contributed by atoms with Crippen LogP contribution in [0.3, 0.4) is 0 Å². The second kappa shape index (κ2) is 16.0. The molecule has 15 heteroatoms. The van der Waals surface area contributed by atoms with E-state index in [1.807, 2.05) is 6.07 Å². The summed E-state index contributed by atoms with van der Waals surface area (Å²) in [6.07, 6.45) is 1.12. The van der Waals surface area contributed by atoms with Gasteiger partial charge in [-0.3, -0.25) is 19.7 Å². The van der Waals surface area contributed by atoms with Gasteiger partial charge in [-0.15, -0.1) is 0 Å². The molecule has 0 saturated heterocycles. The lowest BCUT2D eigenvalue weighted by molar-refractivity contribution is -0.119. The van der Waals surface area contributed by atoms with Crippen molar-refractivity contribution in [3.63, 3.8) is 0 Å². The van der Waals surface area contributed by atoms with Gasteiger partial charge in [-0.2, -0.15) is 4.98 Å². The van der Waals surface area contributed by atoms with E-state index in [4.69, 9.17) is 30.2 Å². The third-order valence-corrected chi connectivity index (χ3v) is 8.86. The van der Waals surface area contributed by atoms with Gasteiger partial charge in [-0.25, -0.2) is 14.3 Å². The summed E-state index contributed by atoms with van der Waals surface area (Å²) >= 11 is 6.50. The first-order valence-corrected chi connectivity index (χ1v) is 18.1. The molecule has 292 valence electrons. The maximum Gasteiger partial charge on any atom is 0.419 e. The van der Waals surface area contributed by atoms with Gasteiger partial charge in [-0.05, 0) is 62.2 Å². The Morgan fingerprint density at radius 2 is 1.58 bits per heavy atom. The minimum absolute atomic E-state index is 0.0540. The molecule has 3 aromatic heterocycles. The first-order valence-electron chi connectivity index (χ1n) is 17.7. The first-order chi connectivity index (χ1) is 25.8. The van der Waals surface area contributed by atoms with E-state index in [1.54, 1.807) is 93.0 Å². The molecule has 2 N–H and O–H groups in total. The number of fused-ring (bicyclic) bond motifs is 2. The molecule has 0 fully saturated rings. The summed E-state index contributed by atoms with van der Waals surface area (Å²) in [4.78, 5) is 63.3. The number of carbonyl (C=O) groups excluding carboxylic acids is 4. The molecule has 0 bridgehead atoms. The molecule has 0 unspecified atom stereocenters. The van der Waals surface area contributed by atoms with Crippen LogP contribution in [0.5, 0.6) is 11.5 Å². The highest BCUT2D eigenvalue weighted by Crippen LogP contribution is 2.42. The topological polar surface area (TPSA) is 167 Å². The van der Waals surface area contributed by atoms with E-state index in [0.29, 0.717) is 60.8 Å². The van der Waals surface area contributed by atoms with Crippen molar-refractivity contribution in [2.75, 3.05) is 38.9 Å². The molecular weight excluding hydrogens is 728 g/mol. The number of anilines is 2. The highest BCUT2D eigenvalue weighted by molar-refractivity contribution is 6.31. The van der Waals surface area contributed by atoms with Crippen LogP contribution in [0.4, 0.5) is 16.6 Å². The van der Waals surface area contributed by atoms with Crippen molar-refractivity contribution in [1.29, 1.82) is 0 Å². The Balaban J connectivity index is 1.69. The van der Waals surface area contributed by atoms with Gasteiger partial charge >= 0.3 is 6.09 Å². The van der Waals surface area contributed by atoms with Crippen molar-refractivity contribution in [2.24, 2.45) is 11.8 Å². The van der Waals surface area contributed by atoms with Crippen LogP contribution in [-0.4, -0.2) is 77.2 Å². The Labute approximate surface area is 324 Å². The molecule has 0 spiro atoms. The molecule has 5 rings (SSSR count). The summed E-state index contributed by atoms with van der Waals surface area (Å²) in [7, 11) is 6.22. The van der Waals surface area contributed by atoms with Gasteiger partial charge in [0.25, 0.3) is 5.91 Å². The SMILES string of the molecule is COc1cc(Cc2cnc(NC(=O)C(C)C)nc2NC(=O)C(C)C)c2cc(Cc3c(C(=O)N(C)C)n(C(=O)OC(C)(C)C)c4ccc(Cl)cc34)oc2c1OC. The lowest BCUT2D eigenvalue weighted by atomic mass is 10.0. The fourth-order valence-electron chi connectivity index (χ4n) is 5.88. The molecule has 5 aromatic rings. The number of carbonyl (C=O) groups is 4. The average molecular weight is 775 g/mol. The van der Waals surface area contributed by atoms with Crippen molar-refractivity contribution >= 4 is 69.1 Å². The van der Waals surface area contributed by atoms with Crippen LogP contribution in [0.15, 0.2) is 40.9 Å². The zero-order valence-electron chi connectivity index (χ0n) is 33.0. The van der Waals surface area contributed by atoms with E-state index in [-0.39, 0.29) is 54.0 Å². The van der Waals surface area contributed by atoms with Crippen LogP contribution in [0.2, 0.25) is 5.02 Å². The number of nitrogens with zero attached hydrogens (tertiary/aromatic N) is 4. The Hall–Kier alpha value is -5.63. The number of methoxy groups -OCH3 is 2. The van der Waals surface area contributed by atoms with Gasteiger partial charge in [0.2, 0.25) is 23.5 Å². The molecule has 0 aliphatic heterocycles. The number of nitrogens with one attached hydrogen (secondary N) is 2. The normalized spacial score (nSPS) is 11.7. The third-order valence-electron chi connectivity index (χ3n) is 8.63. The van der Waals surface area contributed by atoms with Gasteiger partial charge in [-0.1, -0.05) is 39.3 Å². The van der Waals surface area contributed by atoms with Crippen LogP contribution in [-0.2, 0) is 27.2 Å². The molecule has 0 aliphatic rings. The monoisotopic (exact) mass is 774 g/mol. The van der Waals surface area contributed by atoms with Crippen molar-refractivity contribution < 1.29 is 37.8 Å². The van der Waals surface area contributed by atoms with Gasteiger partial charge in [0.15, 0.2) is 11.3 Å². The maximum absolute atomic E-state index is 13.9. The van der Waals surface area contributed by atoms with E-state index < -0.39 is 17.6 Å². The fraction of sp³-hybridized carbons (Fsp3) is 0.400. The number of ether oxygens (including phenoxy) is 3. The fourth-order valence-corrected chi connectivity index (χ4v) is 6.05. The number of hydrogen-bond acceptors (Lipinski definition) is 10. The highest BCUT2D eigenvalue weighted by atomic mass is 35.5. The van der Waals surface area contributed by atoms with Crippen LogP contribution in [0.25, 0.3) is 21.9 Å². The largest absolute Gasteiger partial charge is 0.493 e. The molecule has 0 saturated carbocycles. The predicted molar refractivity (Wildman–Crippen MR) is 210 cm³/mol. The Morgan fingerprint density at radius 1 is 0.909 bits per heavy atom. The minimum Gasteiger partial charge on any atom is -0.493 e. The summed E-state index contributed by atoms with van der Waals surface area (Å²) in [5, 5.41) is 7.20. The first kappa shape index (κ1) is 40.6. The van der Waals surface area contributed by atoms with E-state index in [0.717, 1.165) is 0 Å². The van der Waals surface area contributed by atoms with E-state index in [2.05, 4.69) is 20.6 Å². The summed E-state index contributed by atoms with van der Waals surface area (Å²) in [5.41, 5.74) is 1.85. The number of amides is 3. The molecule has 3 amide bonds. The van der Waals surface area contributed by atoms with Crippen molar-refractivity contribution in [2.45, 2.75) is 66.9 Å². The Kier molecular flexibility index (Phi) is 11.8. The second-order valence-electron chi connectivity index (χ2n) is 14.9. The number of hydrogen-bond donors (Lipinski definition) is 2. The van der Waals surface area contributed by atoms with Gasteiger partial charge < -0.3 is 28.8 Å². The molecule has 0 radical (unpaired) electrons. The molecular formula is C40H47ClN6O8. The van der Waals surface area contributed by atoms with Crippen LogP contribution < -0.4 is 20.1 Å². The van der Waals surface area contributed by atoms with E-state index in [9.17, 15) is 19.2 Å². The summed E-state index contributed by atoms with van der Waals surface area (Å²) in [5.74, 6) is -0.160. The van der Waals surface area contributed by atoms with Gasteiger partial charge in [0, 0.05) is 66.3 Å². The highest BCUT2D eigenvalue weighted by Gasteiger charge is 2.31. The number of furan rings is 1. The van der Waals surface area contributed by atoms with Crippen LogP contribution in [0.1, 0.15) is 81.4 Å². The molecule has 2 aromatic carbocycles. The summed E-state index contributed by atoms with van der Waals surface area (Å²) in [6.45, 7) is 12.3. The smallest absolute Gasteiger partial charge is 0.419 e. The zero-order chi connectivity index (χ0) is 40.5. The molecule has 14 nitrogen and oxygen atoms in total. The predicted octanol–water partition coefficient (Wildman–Crippen LogP) is 7.70. The van der Waals surface area contributed by atoms with E-state index >= 15 is 0 Å². The van der Waals surface area contributed by atoms with Crippen LogP contribution in [0, 0.1) is 11.8 Å². The zero-order valence-corrected chi connectivity index (χ0v) is 33.7. The quantitative estimate of drug-likeness (QED) is 0.136. The summed E-state index contributed by atoms with van der Waals surface area (Å²) < 4.78 is 25.1.